The van der Waals surface area contributed by atoms with Crippen LogP contribution in [0.1, 0.15) is 50.5 Å². The molecule has 0 saturated heterocycles. The Bertz CT molecular complexity index is 592. The molecule has 1 aromatic rings. The van der Waals surface area contributed by atoms with Gasteiger partial charge in [0.25, 0.3) is 0 Å². The van der Waals surface area contributed by atoms with Crippen LogP contribution in [0.5, 0.6) is 0 Å². The standard InChI is InChI=1S/C15H28N4O3S/c1-5-12(6-2)14-10-13(22-19-14)11-18-15(16-3)17-8-7-9-23(4,20)21/h10,12H,5-9,11H2,1-4H3,(H2,16,17,18). The zero-order chi connectivity index (χ0) is 17.3. The molecule has 0 radical (unpaired) electrons. The van der Waals surface area contributed by atoms with Crippen molar-refractivity contribution in [3.8, 4) is 0 Å². The number of aromatic nitrogens is 1. The highest BCUT2D eigenvalue weighted by Gasteiger charge is 2.13. The lowest BCUT2D eigenvalue weighted by molar-refractivity contribution is 0.368. The number of sulfone groups is 1. The summed E-state index contributed by atoms with van der Waals surface area (Å²) in [6, 6.07) is 1.97. The Labute approximate surface area is 138 Å². The van der Waals surface area contributed by atoms with Gasteiger partial charge in [-0.25, -0.2) is 8.42 Å². The first-order valence-corrected chi connectivity index (χ1v) is 10.0. The van der Waals surface area contributed by atoms with E-state index in [0.717, 1.165) is 24.3 Å². The fraction of sp³-hybridized carbons (Fsp3) is 0.733. The van der Waals surface area contributed by atoms with Crippen molar-refractivity contribution in [2.24, 2.45) is 4.99 Å². The Morgan fingerprint density at radius 2 is 2.04 bits per heavy atom. The highest BCUT2D eigenvalue weighted by Crippen LogP contribution is 2.22. The topological polar surface area (TPSA) is 96.6 Å². The van der Waals surface area contributed by atoms with Crippen LogP contribution >= 0.6 is 0 Å². The quantitative estimate of drug-likeness (QED) is 0.402. The van der Waals surface area contributed by atoms with Crippen molar-refractivity contribution >= 4 is 15.8 Å². The van der Waals surface area contributed by atoms with E-state index in [1.165, 1.54) is 6.26 Å². The second-order valence-corrected chi connectivity index (χ2v) is 7.83. The molecule has 0 amide bonds. The summed E-state index contributed by atoms with van der Waals surface area (Å²) in [5.74, 6) is 1.96. The van der Waals surface area contributed by atoms with Crippen LogP contribution in [0.15, 0.2) is 15.6 Å². The third-order valence-electron chi connectivity index (χ3n) is 3.62. The number of nitrogens with zero attached hydrogens (tertiary/aromatic N) is 2. The molecule has 0 fully saturated rings. The van der Waals surface area contributed by atoms with Crippen LogP contribution < -0.4 is 10.6 Å². The molecule has 132 valence electrons. The fourth-order valence-corrected chi connectivity index (χ4v) is 2.91. The van der Waals surface area contributed by atoms with Gasteiger partial charge in [-0.3, -0.25) is 4.99 Å². The average Bonchev–Trinajstić information content (AvgIpc) is 2.95. The monoisotopic (exact) mass is 344 g/mol. The Balaban J connectivity index is 2.40. The van der Waals surface area contributed by atoms with Crippen molar-refractivity contribution in [3.63, 3.8) is 0 Å². The van der Waals surface area contributed by atoms with E-state index in [2.05, 4.69) is 34.6 Å². The minimum Gasteiger partial charge on any atom is -0.359 e. The molecule has 0 saturated carbocycles. The van der Waals surface area contributed by atoms with Gasteiger partial charge in [-0.15, -0.1) is 0 Å². The first-order valence-electron chi connectivity index (χ1n) is 7.97. The van der Waals surface area contributed by atoms with Gasteiger partial charge >= 0.3 is 0 Å². The van der Waals surface area contributed by atoms with Crippen LogP contribution in [-0.4, -0.2) is 45.1 Å². The molecule has 0 aliphatic heterocycles. The number of hydrogen-bond acceptors (Lipinski definition) is 5. The van der Waals surface area contributed by atoms with Crippen molar-refractivity contribution < 1.29 is 12.9 Å². The van der Waals surface area contributed by atoms with Gasteiger partial charge in [0.05, 0.1) is 18.0 Å². The molecule has 0 unspecified atom stereocenters. The predicted molar refractivity (Wildman–Crippen MR) is 92.4 cm³/mol. The van der Waals surface area contributed by atoms with Gasteiger partial charge in [-0.2, -0.15) is 0 Å². The molecular weight excluding hydrogens is 316 g/mol. The Hall–Kier alpha value is -1.57. The first-order chi connectivity index (χ1) is 10.9. The van der Waals surface area contributed by atoms with E-state index in [0.29, 0.717) is 31.4 Å². The molecule has 2 N–H and O–H groups in total. The van der Waals surface area contributed by atoms with E-state index >= 15 is 0 Å². The second-order valence-electron chi connectivity index (χ2n) is 5.57. The lowest BCUT2D eigenvalue weighted by Crippen LogP contribution is -2.37. The molecule has 0 aliphatic carbocycles. The highest BCUT2D eigenvalue weighted by molar-refractivity contribution is 7.90. The molecule has 0 atom stereocenters. The summed E-state index contributed by atoms with van der Waals surface area (Å²) in [5.41, 5.74) is 0.989. The highest BCUT2D eigenvalue weighted by atomic mass is 32.2. The normalized spacial score (nSPS) is 12.7. The summed E-state index contributed by atoms with van der Waals surface area (Å²) in [7, 11) is -1.25. The van der Waals surface area contributed by atoms with Gasteiger partial charge in [-0.1, -0.05) is 19.0 Å². The third kappa shape index (κ3) is 7.49. The first kappa shape index (κ1) is 19.5. The maximum absolute atomic E-state index is 11.1. The zero-order valence-electron chi connectivity index (χ0n) is 14.4. The van der Waals surface area contributed by atoms with Gasteiger partial charge in [0.1, 0.15) is 9.84 Å². The molecule has 7 nitrogen and oxygen atoms in total. The molecule has 0 spiro atoms. The number of guanidine groups is 1. The molecular formula is C15H28N4O3S. The number of hydrogen-bond donors (Lipinski definition) is 2. The van der Waals surface area contributed by atoms with Crippen LogP contribution in [-0.2, 0) is 16.4 Å². The smallest absolute Gasteiger partial charge is 0.191 e. The van der Waals surface area contributed by atoms with E-state index in [-0.39, 0.29) is 5.75 Å². The third-order valence-corrected chi connectivity index (χ3v) is 4.65. The van der Waals surface area contributed by atoms with Crippen LogP contribution in [0.2, 0.25) is 0 Å². The molecule has 8 heteroatoms. The predicted octanol–water partition coefficient (Wildman–Crippen LogP) is 1.68. The minimum atomic E-state index is -2.92. The van der Waals surface area contributed by atoms with Gasteiger partial charge < -0.3 is 15.2 Å². The van der Waals surface area contributed by atoms with Crippen molar-refractivity contribution in [1.82, 2.24) is 15.8 Å². The van der Waals surface area contributed by atoms with Crippen LogP contribution in [0.25, 0.3) is 0 Å². The Morgan fingerprint density at radius 3 is 2.61 bits per heavy atom. The van der Waals surface area contributed by atoms with Crippen LogP contribution in [0.4, 0.5) is 0 Å². The van der Waals surface area contributed by atoms with Crippen molar-refractivity contribution in [1.29, 1.82) is 0 Å². The van der Waals surface area contributed by atoms with Crippen molar-refractivity contribution in [3.05, 3.63) is 17.5 Å². The summed E-state index contributed by atoms with van der Waals surface area (Å²) in [4.78, 5) is 4.09. The zero-order valence-corrected chi connectivity index (χ0v) is 15.2. The SMILES string of the molecule is CCC(CC)c1cc(CNC(=NC)NCCCS(C)(=O)=O)on1. The minimum absolute atomic E-state index is 0.165. The van der Waals surface area contributed by atoms with Gasteiger partial charge in [0.2, 0.25) is 0 Å². The molecule has 1 rings (SSSR count). The molecule has 23 heavy (non-hydrogen) atoms. The van der Waals surface area contributed by atoms with Crippen LogP contribution in [0, 0.1) is 0 Å². The largest absolute Gasteiger partial charge is 0.359 e. The average molecular weight is 344 g/mol. The lowest BCUT2D eigenvalue weighted by atomic mass is 9.99. The van der Waals surface area contributed by atoms with E-state index in [9.17, 15) is 8.42 Å². The van der Waals surface area contributed by atoms with E-state index in [1.54, 1.807) is 7.05 Å². The Morgan fingerprint density at radius 1 is 1.35 bits per heavy atom. The van der Waals surface area contributed by atoms with Gasteiger partial charge in [0, 0.05) is 31.8 Å². The lowest BCUT2D eigenvalue weighted by Gasteiger charge is -2.10. The summed E-state index contributed by atoms with van der Waals surface area (Å²) < 4.78 is 27.5. The number of rotatable bonds is 9. The number of nitrogens with one attached hydrogen (secondary N) is 2. The van der Waals surface area contributed by atoms with E-state index in [1.807, 2.05) is 6.07 Å². The summed E-state index contributed by atoms with van der Waals surface area (Å²) in [6.07, 6.45) is 3.86. The van der Waals surface area contributed by atoms with Gasteiger partial charge in [0.15, 0.2) is 11.7 Å². The Kier molecular flexibility index (Phi) is 8.08. The molecule has 0 aromatic carbocycles. The van der Waals surface area contributed by atoms with E-state index < -0.39 is 9.84 Å². The summed E-state index contributed by atoms with van der Waals surface area (Å²) >= 11 is 0. The van der Waals surface area contributed by atoms with Gasteiger partial charge in [-0.05, 0) is 19.3 Å². The molecule has 0 bridgehead atoms. The molecule has 1 heterocycles. The second kappa shape index (κ2) is 9.54. The maximum atomic E-state index is 11.1. The van der Waals surface area contributed by atoms with Crippen LogP contribution in [0.3, 0.4) is 0 Å². The summed E-state index contributed by atoms with van der Waals surface area (Å²) in [6.45, 7) is 5.31. The van der Waals surface area contributed by atoms with Crippen molar-refractivity contribution in [2.75, 3.05) is 25.6 Å². The maximum Gasteiger partial charge on any atom is 0.191 e. The molecule has 1 aromatic heterocycles. The number of aliphatic imine (C=N–C) groups is 1. The van der Waals surface area contributed by atoms with E-state index in [4.69, 9.17) is 4.52 Å². The fourth-order valence-electron chi connectivity index (χ4n) is 2.24. The molecule has 0 aliphatic rings. The summed E-state index contributed by atoms with van der Waals surface area (Å²) in [5, 5.41) is 10.3. The van der Waals surface area contributed by atoms with Crippen molar-refractivity contribution in [2.45, 2.75) is 45.6 Å².